The van der Waals surface area contributed by atoms with E-state index in [9.17, 15) is 4.79 Å². The Kier molecular flexibility index (Phi) is 6.58. The van der Waals surface area contributed by atoms with Gasteiger partial charge in [0.2, 0.25) is 0 Å². The molecular weight excluding hydrogens is 543 g/mol. The molecule has 0 N–H and O–H groups in total. The lowest BCUT2D eigenvalue weighted by Gasteiger charge is -2.73. The van der Waals surface area contributed by atoms with Gasteiger partial charge < -0.3 is 4.74 Å². The van der Waals surface area contributed by atoms with Crippen LogP contribution in [0.3, 0.4) is 0 Å². The standard InChI is InChI=1S/C32H53IO2/c1-20(2)21-11-14-29(5)17-18-31(7)22(27(21)29)9-10-24-30(6)15-13-25(35-26(34)19-33)28(3,4)23(30)12-16-32(24,31)8/h20-25,27H,9-19H2,1-8H3/t21-,22+,23-,24+,25+,27+,29+,30+,31+,32-/m0/s1. The predicted octanol–water partition coefficient (Wildman–Crippen LogP) is 9.09. The Hall–Kier alpha value is 0.200. The molecule has 5 aliphatic carbocycles. The van der Waals surface area contributed by atoms with Gasteiger partial charge in [-0.25, -0.2) is 0 Å². The van der Waals surface area contributed by atoms with Crippen molar-refractivity contribution in [2.75, 3.05) is 4.43 Å². The van der Waals surface area contributed by atoms with Crippen LogP contribution in [0.15, 0.2) is 0 Å². The molecule has 3 heteroatoms. The zero-order chi connectivity index (χ0) is 25.6. The van der Waals surface area contributed by atoms with E-state index in [1.165, 1.54) is 57.8 Å². The first-order valence-corrected chi connectivity index (χ1v) is 16.5. The van der Waals surface area contributed by atoms with Gasteiger partial charge in [0.25, 0.3) is 0 Å². The third-order valence-electron chi connectivity index (χ3n) is 14.1. The van der Waals surface area contributed by atoms with Crippen LogP contribution in [-0.2, 0) is 9.53 Å². The first kappa shape index (κ1) is 26.8. The Morgan fingerprint density at radius 3 is 2.20 bits per heavy atom. The van der Waals surface area contributed by atoms with Crippen molar-refractivity contribution < 1.29 is 9.53 Å². The maximum absolute atomic E-state index is 12.2. The molecule has 5 fully saturated rings. The fourth-order valence-corrected chi connectivity index (χ4v) is 12.3. The quantitative estimate of drug-likeness (QED) is 0.185. The summed E-state index contributed by atoms with van der Waals surface area (Å²) < 4.78 is 6.53. The molecule has 5 rings (SSSR count). The first-order chi connectivity index (χ1) is 16.2. The molecule has 0 unspecified atom stereocenters. The van der Waals surface area contributed by atoms with Crippen LogP contribution in [0.4, 0.5) is 0 Å². The second kappa shape index (κ2) is 8.60. The number of hydrogen-bond donors (Lipinski definition) is 0. The fraction of sp³-hybridized carbons (Fsp3) is 0.969. The molecule has 5 aliphatic rings. The van der Waals surface area contributed by atoms with Crippen molar-refractivity contribution in [2.24, 2.45) is 62.6 Å². The van der Waals surface area contributed by atoms with E-state index in [4.69, 9.17) is 4.74 Å². The van der Waals surface area contributed by atoms with Crippen molar-refractivity contribution in [2.45, 2.75) is 126 Å². The molecule has 0 aromatic rings. The van der Waals surface area contributed by atoms with Crippen LogP contribution >= 0.6 is 22.6 Å². The molecule has 200 valence electrons. The number of carbonyl (C=O) groups excluding carboxylic acids is 1. The topological polar surface area (TPSA) is 26.3 Å². The average molecular weight is 597 g/mol. The summed E-state index contributed by atoms with van der Waals surface area (Å²) in [6, 6.07) is 0. The van der Waals surface area contributed by atoms with E-state index < -0.39 is 0 Å². The molecule has 0 aromatic carbocycles. The molecule has 0 spiro atoms. The number of hydrogen-bond acceptors (Lipinski definition) is 2. The van der Waals surface area contributed by atoms with Crippen LogP contribution in [0.2, 0.25) is 0 Å². The molecule has 0 radical (unpaired) electrons. The minimum Gasteiger partial charge on any atom is -0.461 e. The lowest BCUT2D eigenvalue weighted by atomic mass is 9.32. The van der Waals surface area contributed by atoms with Gasteiger partial charge in [-0.15, -0.1) is 0 Å². The number of halogens is 1. The van der Waals surface area contributed by atoms with Crippen LogP contribution < -0.4 is 0 Å². The minimum absolute atomic E-state index is 0.0255. The molecule has 0 bridgehead atoms. The van der Waals surface area contributed by atoms with Crippen molar-refractivity contribution in [1.82, 2.24) is 0 Å². The Labute approximate surface area is 230 Å². The lowest BCUT2D eigenvalue weighted by molar-refractivity contribution is -0.250. The molecule has 0 heterocycles. The summed E-state index contributed by atoms with van der Waals surface area (Å²) in [5, 5.41) is 0. The number of ether oxygens (including phenoxy) is 1. The lowest BCUT2D eigenvalue weighted by Crippen LogP contribution is -2.66. The SMILES string of the molecule is CC(C)[C@@H]1CC[C@]2(C)CC[C@]3(C)[C@H](CC[C@@H]4[C@]5(C)CC[C@@H](OC(=O)CI)C(C)(C)[C@@H]5CC[C@@]43C)[C@@H]12. The van der Waals surface area contributed by atoms with E-state index in [1.54, 1.807) is 0 Å². The average Bonchev–Trinajstić information content (AvgIpc) is 3.14. The van der Waals surface area contributed by atoms with Crippen LogP contribution in [-0.4, -0.2) is 16.5 Å². The third kappa shape index (κ3) is 3.60. The van der Waals surface area contributed by atoms with Crippen molar-refractivity contribution >= 4 is 28.6 Å². The van der Waals surface area contributed by atoms with E-state index in [0.29, 0.717) is 32.0 Å². The number of alkyl halides is 1. The van der Waals surface area contributed by atoms with Crippen molar-refractivity contribution in [3.05, 3.63) is 0 Å². The predicted molar refractivity (Wildman–Crippen MR) is 153 cm³/mol. The summed E-state index contributed by atoms with van der Waals surface area (Å²) in [6.07, 6.45) is 13.8. The highest BCUT2D eigenvalue weighted by molar-refractivity contribution is 14.1. The molecule has 35 heavy (non-hydrogen) atoms. The van der Waals surface area contributed by atoms with Gasteiger partial charge >= 0.3 is 5.97 Å². The van der Waals surface area contributed by atoms with Crippen molar-refractivity contribution in [1.29, 1.82) is 0 Å². The number of esters is 1. The third-order valence-corrected chi connectivity index (χ3v) is 14.7. The number of rotatable bonds is 3. The van der Waals surface area contributed by atoms with E-state index in [-0.39, 0.29) is 17.5 Å². The van der Waals surface area contributed by atoms with E-state index in [0.717, 1.165) is 36.0 Å². The summed E-state index contributed by atoms with van der Waals surface area (Å²) in [7, 11) is 0. The molecule has 10 atom stereocenters. The molecule has 5 saturated carbocycles. The molecule has 2 nitrogen and oxygen atoms in total. The van der Waals surface area contributed by atoms with Gasteiger partial charge in [0, 0.05) is 5.41 Å². The van der Waals surface area contributed by atoms with Crippen LogP contribution in [0.5, 0.6) is 0 Å². The van der Waals surface area contributed by atoms with Gasteiger partial charge in [-0.2, -0.15) is 0 Å². The highest BCUT2D eigenvalue weighted by atomic mass is 127. The van der Waals surface area contributed by atoms with Gasteiger partial charge in [-0.1, -0.05) is 78.0 Å². The highest BCUT2D eigenvalue weighted by Gasteiger charge is 2.70. The van der Waals surface area contributed by atoms with Gasteiger partial charge in [-0.3, -0.25) is 4.79 Å². The zero-order valence-corrected chi connectivity index (χ0v) is 26.2. The van der Waals surface area contributed by atoms with Gasteiger partial charge in [0.05, 0.1) is 4.43 Å². The van der Waals surface area contributed by atoms with E-state index in [1.807, 2.05) is 0 Å². The summed E-state index contributed by atoms with van der Waals surface area (Å²) in [5.41, 5.74) is 1.93. The summed E-state index contributed by atoms with van der Waals surface area (Å²) >= 11 is 2.15. The minimum atomic E-state index is -0.0255. The molecule has 0 saturated heterocycles. The summed E-state index contributed by atoms with van der Waals surface area (Å²) in [4.78, 5) is 12.2. The maximum Gasteiger partial charge on any atom is 0.316 e. The van der Waals surface area contributed by atoms with Crippen molar-refractivity contribution in [3.8, 4) is 0 Å². The van der Waals surface area contributed by atoms with E-state index in [2.05, 4.69) is 78.0 Å². The Morgan fingerprint density at radius 1 is 0.829 bits per heavy atom. The summed E-state index contributed by atoms with van der Waals surface area (Å²) in [5.74, 6) is 5.03. The van der Waals surface area contributed by atoms with Crippen LogP contribution in [0, 0.1) is 62.6 Å². The first-order valence-electron chi connectivity index (χ1n) is 15.0. The number of fused-ring (bicyclic) bond motifs is 7. The highest BCUT2D eigenvalue weighted by Crippen LogP contribution is 2.77. The largest absolute Gasteiger partial charge is 0.461 e. The van der Waals surface area contributed by atoms with Crippen LogP contribution in [0.25, 0.3) is 0 Å². The molecule has 0 aromatic heterocycles. The molecular formula is C32H53IO2. The van der Waals surface area contributed by atoms with Crippen molar-refractivity contribution in [3.63, 3.8) is 0 Å². The fourth-order valence-electron chi connectivity index (χ4n) is 12.1. The van der Waals surface area contributed by atoms with Crippen LogP contribution in [0.1, 0.15) is 120 Å². The maximum atomic E-state index is 12.2. The Balaban J connectivity index is 1.47. The van der Waals surface area contributed by atoms with Gasteiger partial charge in [-0.05, 0) is 121 Å². The van der Waals surface area contributed by atoms with Gasteiger partial charge in [0.1, 0.15) is 6.10 Å². The monoisotopic (exact) mass is 596 g/mol. The number of carbonyl (C=O) groups is 1. The molecule has 0 amide bonds. The second-order valence-corrected chi connectivity index (χ2v) is 16.5. The zero-order valence-electron chi connectivity index (χ0n) is 24.0. The Morgan fingerprint density at radius 2 is 1.54 bits per heavy atom. The molecule has 0 aliphatic heterocycles. The smallest absolute Gasteiger partial charge is 0.316 e. The summed E-state index contributed by atoms with van der Waals surface area (Å²) in [6.45, 7) is 20.7. The van der Waals surface area contributed by atoms with Gasteiger partial charge in [0.15, 0.2) is 0 Å². The van der Waals surface area contributed by atoms with E-state index >= 15 is 0 Å². The normalized spacial score (nSPS) is 52.7. The second-order valence-electron chi connectivity index (χ2n) is 15.8. The Bertz CT molecular complexity index is 851.